The lowest BCUT2D eigenvalue weighted by atomic mass is 10.1. The maximum Gasteiger partial charge on any atom is 0.270 e. The monoisotopic (exact) mass is 198 g/mol. The third-order valence-electron chi connectivity index (χ3n) is 2.39. The zero-order valence-electron chi connectivity index (χ0n) is 7.64. The minimum Gasteiger partial charge on any atom is -0.506 e. The molecule has 1 aromatic rings. The van der Waals surface area contributed by atoms with Crippen molar-refractivity contribution >= 4 is 30.0 Å². The van der Waals surface area contributed by atoms with Crippen LogP contribution in [0.5, 0.6) is 5.75 Å². The van der Waals surface area contributed by atoms with Gasteiger partial charge >= 0.3 is 0 Å². The molecule has 1 aromatic carbocycles. The molecule has 1 N–H and O–H groups in total. The number of nitrogens with zero attached hydrogens (tertiary/aromatic N) is 2. The summed E-state index contributed by atoms with van der Waals surface area (Å²) in [5, 5.41) is 11.0. The van der Waals surface area contributed by atoms with Gasteiger partial charge in [0.2, 0.25) is 0 Å². The van der Waals surface area contributed by atoms with Gasteiger partial charge in [-0.1, -0.05) is 0 Å². The highest BCUT2D eigenvalue weighted by molar-refractivity contribution is 5.99. The van der Waals surface area contributed by atoms with E-state index in [0.717, 1.165) is 5.56 Å². The third kappa shape index (κ3) is 1.05. The second-order valence-corrected chi connectivity index (χ2v) is 3.32. The molecular formula is C11H6N2O2. The maximum atomic E-state index is 11.1. The first-order valence-corrected chi connectivity index (χ1v) is 4.47. The average molecular weight is 198 g/mol. The van der Waals surface area contributed by atoms with Crippen molar-refractivity contribution in [3.8, 4) is 5.75 Å². The first kappa shape index (κ1) is 8.11. The fourth-order valence-corrected chi connectivity index (χ4v) is 1.73. The van der Waals surface area contributed by atoms with E-state index in [1.54, 1.807) is 24.4 Å². The van der Waals surface area contributed by atoms with E-state index >= 15 is 0 Å². The SMILES string of the molecule is O=C1C=Cc2cc(O)c3c(c2=N1)=CC=N3. The summed E-state index contributed by atoms with van der Waals surface area (Å²) < 4.78 is 0. The molecule has 15 heavy (non-hydrogen) atoms. The van der Waals surface area contributed by atoms with Crippen LogP contribution in [-0.4, -0.2) is 17.2 Å². The predicted octanol–water partition coefficient (Wildman–Crippen LogP) is 0.0616. The summed E-state index contributed by atoms with van der Waals surface area (Å²) in [5.41, 5.74) is 1.23. The maximum absolute atomic E-state index is 11.1. The fraction of sp³-hybridized carbons (Fsp3) is 0. The molecule has 0 aromatic heterocycles. The van der Waals surface area contributed by atoms with E-state index in [2.05, 4.69) is 9.98 Å². The molecule has 3 rings (SSSR count). The summed E-state index contributed by atoms with van der Waals surface area (Å²) in [6.45, 7) is 0. The molecule has 0 unspecified atom stereocenters. The van der Waals surface area contributed by atoms with Crippen LogP contribution >= 0.6 is 0 Å². The highest BCUT2D eigenvalue weighted by Crippen LogP contribution is 2.23. The molecule has 4 nitrogen and oxygen atoms in total. The first-order valence-electron chi connectivity index (χ1n) is 4.47. The van der Waals surface area contributed by atoms with Crippen molar-refractivity contribution in [2.24, 2.45) is 9.98 Å². The molecule has 0 aliphatic carbocycles. The highest BCUT2D eigenvalue weighted by Gasteiger charge is 2.13. The number of aliphatic imine (C=N–C) groups is 1. The zero-order chi connectivity index (χ0) is 10.4. The summed E-state index contributed by atoms with van der Waals surface area (Å²) in [6.07, 6.45) is 6.35. The number of benzene rings is 1. The highest BCUT2D eigenvalue weighted by atomic mass is 16.3. The minimum atomic E-state index is -0.282. The van der Waals surface area contributed by atoms with E-state index in [0.29, 0.717) is 16.3 Å². The normalized spacial score (nSPS) is 15.6. The third-order valence-corrected chi connectivity index (χ3v) is 2.39. The molecule has 0 bridgehead atoms. The number of hydrogen-bond donors (Lipinski definition) is 1. The Bertz CT molecular complexity index is 654. The smallest absolute Gasteiger partial charge is 0.270 e. The van der Waals surface area contributed by atoms with E-state index in [1.807, 2.05) is 0 Å². The zero-order valence-corrected chi connectivity index (χ0v) is 7.64. The predicted molar refractivity (Wildman–Crippen MR) is 55.5 cm³/mol. The Labute approximate surface area is 84.6 Å². The summed E-state index contributed by atoms with van der Waals surface area (Å²) in [5.74, 6) is -0.168. The Morgan fingerprint density at radius 1 is 1.27 bits per heavy atom. The van der Waals surface area contributed by atoms with Crippen LogP contribution in [0.2, 0.25) is 0 Å². The van der Waals surface area contributed by atoms with Gasteiger partial charge in [-0.2, -0.15) is 0 Å². The van der Waals surface area contributed by atoms with Crippen molar-refractivity contribution in [2.75, 3.05) is 0 Å². The number of aromatic hydroxyl groups is 1. The lowest BCUT2D eigenvalue weighted by Gasteiger charge is -2.04. The van der Waals surface area contributed by atoms with Crippen LogP contribution in [-0.2, 0) is 4.79 Å². The van der Waals surface area contributed by atoms with Gasteiger partial charge in [0.05, 0.1) is 5.36 Å². The van der Waals surface area contributed by atoms with E-state index < -0.39 is 0 Å². The standard InChI is InChI=1S/C11H6N2O2/c14-8-5-6-1-2-9(15)13-10(6)7-3-4-12-11(7)8/h1-5,14H. The van der Waals surface area contributed by atoms with E-state index in [-0.39, 0.29) is 11.7 Å². The number of fused-ring (bicyclic) bond motifs is 3. The van der Waals surface area contributed by atoms with Crippen LogP contribution < -0.4 is 10.6 Å². The molecule has 0 spiro atoms. The number of carbonyl (C=O) groups excluding carboxylic acids is 1. The molecular weight excluding hydrogens is 192 g/mol. The molecule has 4 heteroatoms. The number of rotatable bonds is 0. The van der Waals surface area contributed by atoms with Gasteiger partial charge in [0.25, 0.3) is 5.91 Å². The lowest BCUT2D eigenvalue weighted by Crippen LogP contribution is -2.29. The van der Waals surface area contributed by atoms with Crippen LogP contribution in [0, 0.1) is 0 Å². The van der Waals surface area contributed by atoms with E-state index in [9.17, 15) is 9.90 Å². The molecule has 0 atom stereocenters. The largest absolute Gasteiger partial charge is 0.506 e. The first-order chi connectivity index (χ1) is 7.25. The number of amides is 1. The number of phenols is 1. The van der Waals surface area contributed by atoms with Gasteiger partial charge in [-0.15, -0.1) is 0 Å². The minimum absolute atomic E-state index is 0.114. The molecule has 2 aliphatic rings. The quantitative estimate of drug-likeness (QED) is 0.640. The van der Waals surface area contributed by atoms with Gasteiger partial charge in [-0.05, 0) is 18.2 Å². The Balaban J connectivity index is 2.53. The summed E-state index contributed by atoms with van der Waals surface area (Å²) >= 11 is 0. The molecule has 72 valence electrons. The van der Waals surface area contributed by atoms with Crippen molar-refractivity contribution in [2.45, 2.75) is 0 Å². The molecule has 0 radical (unpaired) electrons. The Morgan fingerprint density at radius 3 is 3.00 bits per heavy atom. The molecule has 2 aliphatic heterocycles. The van der Waals surface area contributed by atoms with Gasteiger partial charge in [0, 0.05) is 23.1 Å². The summed E-state index contributed by atoms with van der Waals surface area (Å²) in [7, 11) is 0. The van der Waals surface area contributed by atoms with E-state index in [1.165, 1.54) is 6.08 Å². The van der Waals surface area contributed by atoms with Crippen molar-refractivity contribution < 1.29 is 9.90 Å². The van der Waals surface area contributed by atoms with Gasteiger partial charge in [-0.3, -0.25) is 9.79 Å². The van der Waals surface area contributed by atoms with Gasteiger partial charge < -0.3 is 5.11 Å². The van der Waals surface area contributed by atoms with E-state index in [4.69, 9.17) is 0 Å². The molecule has 1 amide bonds. The second-order valence-electron chi connectivity index (χ2n) is 3.32. The molecule has 0 saturated heterocycles. The van der Waals surface area contributed by atoms with Crippen molar-refractivity contribution in [1.29, 1.82) is 0 Å². The Morgan fingerprint density at radius 2 is 2.13 bits per heavy atom. The van der Waals surface area contributed by atoms with Gasteiger partial charge in [-0.25, -0.2) is 4.99 Å². The molecule has 0 fully saturated rings. The Kier molecular flexibility index (Phi) is 1.42. The summed E-state index contributed by atoms with van der Waals surface area (Å²) in [6, 6.07) is 1.57. The number of phenolic OH excluding ortho intramolecular Hbond substituents is 1. The van der Waals surface area contributed by atoms with Crippen molar-refractivity contribution in [3.05, 3.63) is 28.3 Å². The van der Waals surface area contributed by atoms with Gasteiger partial charge in [0.15, 0.2) is 0 Å². The Hall–Kier alpha value is -2.23. The van der Waals surface area contributed by atoms with Crippen LogP contribution in [0.15, 0.2) is 22.1 Å². The number of carbonyl (C=O) groups is 1. The lowest BCUT2D eigenvalue weighted by molar-refractivity contribution is -0.113. The molecule has 0 saturated carbocycles. The van der Waals surface area contributed by atoms with Crippen LogP contribution in [0.25, 0.3) is 12.2 Å². The van der Waals surface area contributed by atoms with Crippen molar-refractivity contribution in [1.82, 2.24) is 0 Å². The van der Waals surface area contributed by atoms with Crippen molar-refractivity contribution in [3.63, 3.8) is 0 Å². The number of hydrogen-bond acceptors (Lipinski definition) is 3. The summed E-state index contributed by atoms with van der Waals surface area (Å²) in [4.78, 5) is 19.1. The fourth-order valence-electron chi connectivity index (χ4n) is 1.73. The second kappa shape index (κ2) is 2.63. The molecule has 2 heterocycles. The average Bonchev–Trinajstić information content (AvgIpc) is 2.69. The van der Waals surface area contributed by atoms with Crippen LogP contribution in [0.1, 0.15) is 5.56 Å². The van der Waals surface area contributed by atoms with Gasteiger partial charge in [0.1, 0.15) is 11.4 Å². The topological polar surface area (TPSA) is 62.0 Å². The van der Waals surface area contributed by atoms with Crippen LogP contribution in [0.3, 0.4) is 0 Å². The van der Waals surface area contributed by atoms with Crippen LogP contribution in [0.4, 0.5) is 5.69 Å².